The minimum Gasteiger partial charge on any atom is -0.478 e. The van der Waals surface area contributed by atoms with Crippen LogP contribution in [0.1, 0.15) is 26.5 Å². The number of halogens is 1. The van der Waals surface area contributed by atoms with Crippen LogP contribution >= 0.6 is 11.6 Å². The maximum absolute atomic E-state index is 5.96. The molecular weight excluding hydrogens is 278 g/mol. The van der Waals surface area contributed by atoms with Crippen molar-refractivity contribution in [3.8, 4) is 5.88 Å². The Morgan fingerprint density at radius 3 is 2.90 bits per heavy atom. The van der Waals surface area contributed by atoms with Gasteiger partial charge in [-0.3, -0.25) is 0 Å². The minimum absolute atomic E-state index is 0.0138. The largest absolute Gasteiger partial charge is 0.478 e. The summed E-state index contributed by atoms with van der Waals surface area (Å²) >= 11 is 5.96. The zero-order valence-corrected chi connectivity index (χ0v) is 13.3. The molecule has 1 unspecified atom stereocenters. The molecule has 1 aliphatic heterocycles. The fourth-order valence-corrected chi connectivity index (χ4v) is 2.58. The van der Waals surface area contributed by atoms with E-state index in [1.165, 1.54) is 0 Å². The van der Waals surface area contributed by atoms with E-state index in [1.54, 1.807) is 0 Å². The lowest BCUT2D eigenvalue weighted by Gasteiger charge is -2.42. The Morgan fingerprint density at radius 2 is 2.25 bits per heavy atom. The van der Waals surface area contributed by atoms with Gasteiger partial charge in [-0.25, -0.2) is 4.98 Å². The van der Waals surface area contributed by atoms with Gasteiger partial charge in [0.25, 0.3) is 0 Å². The maximum atomic E-state index is 5.96. The standard InChI is InChI=1S/C14H22ClN3O2/c1-5-19-12-6-10(2)16-13(17-12)18-8-11(7-15)20-14(3,4)9-18/h6,11H,5,7-9H2,1-4H3. The minimum atomic E-state index is -0.267. The number of rotatable bonds is 4. The van der Waals surface area contributed by atoms with Crippen LogP contribution in [0, 0.1) is 6.92 Å². The Labute approximate surface area is 125 Å². The van der Waals surface area contributed by atoms with Gasteiger partial charge in [-0.2, -0.15) is 4.98 Å². The Bertz CT molecular complexity index is 468. The van der Waals surface area contributed by atoms with Gasteiger partial charge in [0.2, 0.25) is 11.8 Å². The van der Waals surface area contributed by atoms with Crippen LogP contribution in [0.5, 0.6) is 5.88 Å². The van der Waals surface area contributed by atoms with Crippen molar-refractivity contribution in [2.45, 2.75) is 39.4 Å². The van der Waals surface area contributed by atoms with E-state index in [-0.39, 0.29) is 11.7 Å². The molecule has 0 amide bonds. The van der Waals surface area contributed by atoms with Crippen molar-refractivity contribution in [3.63, 3.8) is 0 Å². The summed E-state index contributed by atoms with van der Waals surface area (Å²) < 4.78 is 11.4. The molecule has 1 fully saturated rings. The molecule has 0 spiro atoms. The highest BCUT2D eigenvalue weighted by molar-refractivity contribution is 6.18. The highest BCUT2D eigenvalue weighted by atomic mass is 35.5. The van der Waals surface area contributed by atoms with Crippen LogP contribution in [0.15, 0.2) is 6.07 Å². The lowest BCUT2D eigenvalue weighted by Crippen LogP contribution is -2.54. The number of aryl methyl sites for hydroxylation is 1. The summed E-state index contributed by atoms with van der Waals surface area (Å²) in [6.45, 7) is 10.0. The van der Waals surface area contributed by atoms with Gasteiger partial charge in [-0.15, -0.1) is 11.6 Å². The third-order valence-corrected chi connectivity index (χ3v) is 3.39. The fraction of sp³-hybridized carbons (Fsp3) is 0.714. The zero-order chi connectivity index (χ0) is 14.8. The molecule has 0 aromatic carbocycles. The first-order chi connectivity index (χ1) is 9.43. The summed E-state index contributed by atoms with van der Waals surface area (Å²) in [5, 5.41) is 0. The summed E-state index contributed by atoms with van der Waals surface area (Å²) in [4.78, 5) is 11.1. The van der Waals surface area contributed by atoms with Crippen LogP contribution in [0.4, 0.5) is 5.95 Å². The number of hydrogen-bond donors (Lipinski definition) is 0. The normalized spacial score (nSPS) is 21.9. The smallest absolute Gasteiger partial charge is 0.229 e. The molecule has 112 valence electrons. The van der Waals surface area contributed by atoms with Crippen molar-refractivity contribution in [1.82, 2.24) is 9.97 Å². The molecule has 0 saturated carbocycles. The molecule has 1 aromatic heterocycles. The zero-order valence-electron chi connectivity index (χ0n) is 12.5. The Hall–Kier alpha value is -1.07. The molecule has 1 saturated heterocycles. The second-order valence-electron chi connectivity index (χ2n) is 5.61. The molecule has 1 aromatic rings. The first kappa shape index (κ1) is 15.3. The summed E-state index contributed by atoms with van der Waals surface area (Å²) in [5.41, 5.74) is 0.627. The van der Waals surface area contributed by atoms with Crippen LogP contribution < -0.4 is 9.64 Å². The topological polar surface area (TPSA) is 47.5 Å². The lowest BCUT2D eigenvalue weighted by atomic mass is 10.1. The number of anilines is 1. The van der Waals surface area contributed by atoms with Crippen molar-refractivity contribution >= 4 is 17.5 Å². The highest BCUT2D eigenvalue weighted by Gasteiger charge is 2.34. The number of ether oxygens (including phenoxy) is 2. The van der Waals surface area contributed by atoms with E-state index in [9.17, 15) is 0 Å². The van der Waals surface area contributed by atoms with Gasteiger partial charge in [0.05, 0.1) is 24.2 Å². The Balaban J connectivity index is 2.25. The monoisotopic (exact) mass is 299 g/mol. The van der Waals surface area contributed by atoms with E-state index in [4.69, 9.17) is 21.1 Å². The lowest BCUT2D eigenvalue weighted by molar-refractivity contribution is -0.0738. The summed E-state index contributed by atoms with van der Waals surface area (Å²) in [7, 11) is 0. The molecule has 0 N–H and O–H groups in total. The first-order valence-corrected chi connectivity index (χ1v) is 7.44. The molecule has 0 aliphatic carbocycles. The second-order valence-corrected chi connectivity index (χ2v) is 5.92. The molecule has 0 bridgehead atoms. The Kier molecular flexibility index (Phi) is 4.70. The molecule has 2 rings (SSSR count). The van der Waals surface area contributed by atoms with Gasteiger partial charge in [0.1, 0.15) is 0 Å². The molecule has 1 aliphatic rings. The second kappa shape index (κ2) is 6.14. The van der Waals surface area contributed by atoms with Crippen LogP contribution in [0.25, 0.3) is 0 Å². The molecule has 1 atom stereocenters. The molecule has 2 heterocycles. The predicted molar refractivity (Wildman–Crippen MR) is 79.8 cm³/mol. The van der Waals surface area contributed by atoms with Crippen LogP contribution in [0.3, 0.4) is 0 Å². The van der Waals surface area contributed by atoms with Crippen molar-refractivity contribution < 1.29 is 9.47 Å². The molecule has 6 heteroatoms. The third kappa shape index (κ3) is 3.73. The number of hydrogen-bond acceptors (Lipinski definition) is 5. The van der Waals surface area contributed by atoms with Crippen LogP contribution in [-0.4, -0.2) is 47.2 Å². The molecule has 0 radical (unpaired) electrons. The van der Waals surface area contributed by atoms with Gasteiger partial charge >= 0.3 is 0 Å². The van der Waals surface area contributed by atoms with Gasteiger partial charge in [0, 0.05) is 24.8 Å². The fourth-order valence-electron chi connectivity index (χ4n) is 2.42. The summed E-state index contributed by atoms with van der Waals surface area (Å²) in [5.74, 6) is 1.76. The quantitative estimate of drug-likeness (QED) is 0.799. The van der Waals surface area contributed by atoms with E-state index in [0.29, 0.717) is 30.9 Å². The maximum Gasteiger partial charge on any atom is 0.229 e. The number of morpholine rings is 1. The van der Waals surface area contributed by atoms with Gasteiger partial charge in [-0.1, -0.05) is 0 Å². The average Bonchev–Trinajstić information content (AvgIpc) is 2.36. The van der Waals surface area contributed by atoms with Gasteiger partial charge < -0.3 is 14.4 Å². The first-order valence-electron chi connectivity index (χ1n) is 6.90. The molecule has 20 heavy (non-hydrogen) atoms. The van der Waals surface area contributed by atoms with Crippen LogP contribution in [0.2, 0.25) is 0 Å². The summed E-state index contributed by atoms with van der Waals surface area (Å²) in [6.07, 6.45) is -0.0138. The van der Waals surface area contributed by atoms with E-state index in [1.807, 2.05) is 19.9 Å². The third-order valence-electron chi connectivity index (χ3n) is 3.05. The van der Waals surface area contributed by atoms with Crippen molar-refractivity contribution in [3.05, 3.63) is 11.8 Å². The summed E-state index contributed by atoms with van der Waals surface area (Å²) in [6, 6.07) is 1.84. The molecular formula is C14H22ClN3O2. The average molecular weight is 300 g/mol. The predicted octanol–water partition coefficient (Wildman–Crippen LogP) is 2.41. The van der Waals surface area contributed by atoms with E-state index < -0.39 is 0 Å². The van der Waals surface area contributed by atoms with E-state index in [2.05, 4.69) is 28.7 Å². The SMILES string of the molecule is CCOc1cc(C)nc(N2CC(CCl)OC(C)(C)C2)n1. The van der Waals surface area contributed by atoms with Gasteiger partial charge in [0.15, 0.2) is 0 Å². The van der Waals surface area contributed by atoms with Crippen molar-refractivity contribution in [1.29, 1.82) is 0 Å². The molecule has 5 nitrogen and oxygen atoms in total. The number of nitrogens with zero attached hydrogens (tertiary/aromatic N) is 3. The van der Waals surface area contributed by atoms with Crippen LogP contribution in [-0.2, 0) is 4.74 Å². The Morgan fingerprint density at radius 1 is 1.50 bits per heavy atom. The van der Waals surface area contributed by atoms with Crippen molar-refractivity contribution in [2.75, 3.05) is 30.5 Å². The van der Waals surface area contributed by atoms with Crippen molar-refractivity contribution in [2.24, 2.45) is 0 Å². The van der Waals surface area contributed by atoms with E-state index >= 15 is 0 Å². The highest BCUT2D eigenvalue weighted by Crippen LogP contribution is 2.25. The number of alkyl halides is 1. The van der Waals surface area contributed by atoms with Gasteiger partial charge in [-0.05, 0) is 27.7 Å². The van der Waals surface area contributed by atoms with E-state index in [0.717, 1.165) is 12.2 Å². The number of aromatic nitrogens is 2.